The first-order chi connectivity index (χ1) is 9.63. The van der Waals surface area contributed by atoms with Crippen molar-refractivity contribution in [2.24, 2.45) is 11.7 Å². The molecule has 1 aliphatic heterocycles. The van der Waals surface area contributed by atoms with Crippen LogP contribution in [0.4, 0.5) is 0 Å². The highest BCUT2D eigenvalue weighted by Gasteiger charge is 2.31. The van der Waals surface area contributed by atoms with Crippen LogP contribution >= 0.6 is 11.6 Å². The monoisotopic (exact) mass is 293 g/mol. The van der Waals surface area contributed by atoms with Crippen molar-refractivity contribution in [2.45, 2.75) is 43.8 Å². The third-order valence-electron chi connectivity index (χ3n) is 4.29. The number of halogens is 1. The van der Waals surface area contributed by atoms with E-state index in [4.69, 9.17) is 17.3 Å². The number of carbonyl (C=O) groups excluding carboxylic acids is 1. The van der Waals surface area contributed by atoms with Gasteiger partial charge in [0.15, 0.2) is 0 Å². The Hall–Kier alpha value is -1.26. The summed E-state index contributed by atoms with van der Waals surface area (Å²) in [4.78, 5) is 12.3. The van der Waals surface area contributed by atoms with Crippen molar-refractivity contribution < 1.29 is 4.79 Å². The van der Waals surface area contributed by atoms with Gasteiger partial charge in [0, 0.05) is 23.0 Å². The maximum atomic E-state index is 12.3. The van der Waals surface area contributed by atoms with E-state index in [0.29, 0.717) is 5.70 Å². The Balaban J connectivity index is 1.64. The van der Waals surface area contributed by atoms with Gasteiger partial charge in [-0.2, -0.15) is 0 Å². The number of amides is 1. The lowest BCUT2D eigenvalue weighted by Crippen LogP contribution is -2.50. The molecule has 2 aliphatic carbocycles. The first-order valence-electron chi connectivity index (χ1n) is 7.24. The van der Waals surface area contributed by atoms with Crippen LogP contribution in [0.15, 0.2) is 35.0 Å². The van der Waals surface area contributed by atoms with Gasteiger partial charge >= 0.3 is 0 Å². The van der Waals surface area contributed by atoms with Crippen LogP contribution in [0.1, 0.15) is 25.7 Å². The average Bonchev–Trinajstić information content (AvgIpc) is 2.84. The van der Waals surface area contributed by atoms with E-state index < -0.39 is 0 Å². The molecule has 108 valence electrons. The van der Waals surface area contributed by atoms with Crippen LogP contribution in [0.25, 0.3) is 0 Å². The van der Waals surface area contributed by atoms with Gasteiger partial charge in [-0.15, -0.1) is 0 Å². The maximum absolute atomic E-state index is 12.3. The van der Waals surface area contributed by atoms with Gasteiger partial charge in [-0.25, -0.2) is 0 Å². The minimum absolute atomic E-state index is 0.0559. The molecule has 0 saturated heterocycles. The Morgan fingerprint density at radius 3 is 2.95 bits per heavy atom. The molecule has 4 atom stereocenters. The van der Waals surface area contributed by atoms with Gasteiger partial charge in [0.2, 0.25) is 0 Å². The lowest BCUT2D eigenvalue weighted by Gasteiger charge is -2.29. The molecule has 0 aromatic carbocycles. The minimum Gasteiger partial charge on any atom is -0.374 e. The van der Waals surface area contributed by atoms with Crippen molar-refractivity contribution in [1.29, 1.82) is 0 Å². The first-order valence-corrected chi connectivity index (χ1v) is 7.61. The molecule has 4 N–H and O–H groups in total. The molecular weight excluding hydrogens is 274 g/mol. The summed E-state index contributed by atoms with van der Waals surface area (Å²) in [6, 6.07) is 0.306. The minimum atomic E-state index is -0.0559. The van der Waals surface area contributed by atoms with Gasteiger partial charge < -0.3 is 16.4 Å². The maximum Gasteiger partial charge on any atom is 0.267 e. The van der Waals surface area contributed by atoms with Crippen LogP contribution in [0.2, 0.25) is 0 Å². The average molecular weight is 294 g/mol. The number of allylic oxidation sites excluding steroid dienone is 2. The number of fused-ring (bicyclic) bond motifs is 1. The van der Waals surface area contributed by atoms with E-state index in [9.17, 15) is 4.79 Å². The lowest BCUT2D eigenvalue weighted by atomic mass is 9.91. The van der Waals surface area contributed by atoms with E-state index in [0.717, 1.165) is 30.7 Å². The molecule has 1 fully saturated rings. The van der Waals surface area contributed by atoms with E-state index in [1.165, 1.54) is 0 Å². The summed E-state index contributed by atoms with van der Waals surface area (Å²) in [5.41, 5.74) is 6.70. The van der Waals surface area contributed by atoms with Crippen molar-refractivity contribution in [3.8, 4) is 0 Å². The number of nitrogens with one attached hydrogen (secondary N) is 2. The Labute approximate surface area is 124 Å². The third-order valence-corrected chi connectivity index (χ3v) is 4.54. The quantitative estimate of drug-likeness (QED) is 0.723. The van der Waals surface area contributed by atoms with Crippen molar-refractivity contribution in [1.82, 2.24) is 10.6 Å². The standard InChI is InChI=1S/C15H20ClN3O/c16-10-5-6-12-9(7-10)8-14(18-12)15(20)19-13-4-2-1-3-11(13)17/h5-9,11-13,18H,1-4,17H2,(H,19,20)/t9?,11-,12?,13+/m1/s1. The molecule has 3 aliphatic rings. The molecule has 5 heteroatoms. The number of hydrogen-bond acceptors (Lipinski definition) is 3. The number of hydrogen-bond donors (Lipinski definition) is 3. The second-order valence-corrected chi connectivity index (χ2v) is 6.20. The second-order valence-electron chi connectivity index (χ2n) is 5.77. The number of carbonyl (C=O) groups is 1. The summed E-state index contributed by atoms with van der Waals surface area (Å²) in [6.45, 7) is 0. The number of nitrogens with two attached hydrogens (primary N) is 1. The van der Waals surface area contributed by atoms with Crippen LogP contribution in [-0.2, 0) is 4.79 Å². The molecule has 4 nitrogen and oxygen atoms in total. The molecule has 0 spiro atoms. The zero-order valence-corrected chi connectivity index (χ0v) is 12.1. The molecule has 2 unspecified atom stereocenters. The Morgan fingerprint density at radius 2 is 2.15 bits per heavy atom. The predicted octanol–water partition coefficient (Wildman–Crippen LogP) is 1.54. The molecule has 0 bridgehead atoms. The Kier molecular flexibility index (Phi) is 3.85. The molecule has 1 saturated carbocycles. The summed E-state index contributed by atoms with van der Waals surface area (Å²) in [6.07, 6.45) is 12.0. The highest BCUT2D eigenvalue weighted by Crippen LogP contribution is 2.27. The van der Waals surface area contributed by atoms with E-state index in [2.05, 4.69) is 10.6 Å². The van der Waals surface area contributed by atoms with E-state index in [-0.39, 0.29) is 30.0 Å². The second kappa shape index (κ2) is 5.62. The fraction of sp³-hybridized carbons (Fsp3) is 0.533. The third kappa shape index (κ3) is 2.76. The summed E-state index contributed by atoms with van der Waals surface area (Å²) < 4.78 is 0. The molecular formula is C15H20ClN3O. The summed E-state index contributed by atoms with van der Waals surface area (Å²) in [5.74, 6) is 0.105. The molecule has 0 aromatic rings. The van der Waals surface area contributed by atoms with Crippen molar-refractivity contribution in [3.05, 3.63) is 35.0 Å². The van der Waals surface area contributed by atoms with Gasteiger partial charge in [-0.3, -0.25) is 4.79 Å². The normalized spacial score (nSPS) is 35.7. The summed E-state index contributed by atoms with van der Waals surface area (Å²) >= 11 is 5.99. The van der Waals surface area contributed by atoms with Crippen molar-refractivity contribution in [2.75, 3.05) is 0 Å². The van der Waals surface area contributed by atoms with Gasteiger partial charge in [-0.1, -0.05) is 36.6 Å². The van der Waals surface area contributed by atoms with Crippen molar-refractivity contribution in [3.63, 3.8) is 0 Å². The van der Waals surface area contributed by atoms with Crippen LogP contribution < -0.4 is 16.4 Å². The van der Waals surface area contributed by atoms with Crippen LogP contribution in [-0.4, -0.2) is 24.0 Å². The molecule has 0 aromatic heterocycles. The zero-order valence-electron chi connectivity index (χ0n) is 11.3. The topological polar surface area (TPSA) is 67.1 Å². The Bertz CT molecular complexity index is 497. The van der Waals surface area contributed by atoms with Gasteiger partial charge in [0.05, 0.1) is 11.7 Å². The molecule has 20 heavy (non-hydrogen) atoms. The van der Waals surface area contributed by atoms with Gasteiger partial charge in [0.1, 0.15) is 0 Å². The summed E-state index contributed by atoms with van der Waals surface area (Å²) in [7, 11) is 0. The van der Waals surface area contributed by atoms with Crippen LogP contribution in [0.5, 0.6) is 0 Å². The predicted molar refractivity (Wildman–Crippen MR) is 79.9 cm³/mol. The largest absolute Gasteiger partial charge is 0.374 e. The highest BCUT2D eigenvalue weighted by atomic mass is 35.5. The molecule has 1 amide bonds. The summed E-state index contributed by atoms with van der Waals surface area (Å²) in [5, 5.41) is 7.02. The van der Waals surface area contributed by atoms with E-state index in [1.807, 2.05) is 24.3 Å². The number of rotatable bonds is 2. The lowest BCUT2D eigenvalue weighted by molar-refractivity contribution is -0.118. The SMILES string of the molecule is N[C@@H]1CCCC[C@@H]1NC(=O)C1=CC2C=C(Cl)C=CC2N1. The van der Waals surface area contributed by atoms with E-state index in [1.54, 1.807) is 0 Å². The van der Waals surface area contributed by atoms with Gasteiger partial charge in [0.25, 0.3) is 5.91 Å². The smallest absolute Gasteiger partial charge is 0.267 e. The van der Waals surface area contributed by atoms with Gasteiger partial charge in [-0.05, 0) is 25.0 Å². The fourth-order valence-corrected chi connectivity index (χ4v) is 3.33. The molecule has 3 rings (SSSR count). The molecule has 0 radical (unpaired) electrons. The highest BCUT2D eigenvalue weighted by molar-refractivity contribution is 6.31. The fourth-order valence-electron chi connectivity index (χ4n) is 3.11. The Morgan fingerprint density at radius 1 is 1.35 bits per heavy atom. The van der Waals surface area contributed by atoms with Crippen molar-refractivity contribution >= 4 is 17.5 Å². The first kappa shape index (κ1) is 13.7. The molecule has 1 heterocycles. The van der Waals surface area contributed by atoms with Crippen LogP contribution in [0, 0.1) is 5.92 Å². The van der Waals surface area contributed by atoms with E-state index >= 15 is 0 Å². The zero-order chi connectivity index (χ0) is 14.1. The van der Waals surface area contributed by atoms with Crippen LogP contribution in [0.3, 0.4) is 0 Å².